The summed E-state index contributed by atoms with van der Waals surface area (Å²) >= 11 is 0. The third kappa shape index (κ3) is 19.3. The number of unbranched alkanes of at least 4 members (excludes halogenated alkanes) is 18. The maximum Gasteiger partial charge on any atom is 0.0740 e. The van der Waals surface area contributed by atoms with Crippen molar-refractivity contribution in [2.24, 2.45) is 0 Å². The Balaban J connectivity index is 3.48. The monoisotopic (exact) mass is 408 g/mol. The van der Waals surface area contributed by atoms with E-state index < -0.39 is 8.07 Å². The second-order valence-electron chi connectivity index (χ2n) is 9.72. The number of hydrogen-bond acceptors (Lipinski definition) is 0. The summed E-state index contributed by atoms with van der Waals surface area (Å²) < 4.78 is 0. The van der Waals surface area contributed by atoms with E-state index in [1.165, 1.54) is 141 Å². The summed E-state index contributed by atoms with van der Waals surface area (Å²) in [5, 5.41) is 0. The third-order valence-corrected chi connectivity index (χ3v) is 10.7. The predicted octanol–water partition coefficient (Wildman–Crippen LogP) is 10.6. The molecule has 0 atom stereocenters. The molecule has 0 amide bonds. The van der Waals surface area contributed by atoms with Crippen LogP contribution < -0.4 is 0 Å². The lowest BCUT2D eigenvalue weighted by Crippen LogP contribution is -2.26. The lowest BCUT2D eigenvalue weighted by atomic mass is 10.1. The van der Waals surface area contributed by atoms with Crippen LogP contribution in [0.2, 0.25) is 18.6 Å². The Morgan fingerprint density at radius 2 is 0.714 bits per heavy atom. The second kappa shape index (κ2) is 21.7. The number of rotatable bonds is 23. The molecule has 0 radical (unpaired) electrons. The fourth-order valence-corrected chi connectivity index (χ4v) is 7.14. The largest absolute Gasteiger partial charge is 0.107 e. The van der Waals surface area contributed by atoms with Crippen LogP contribution in [0.15, 0.2) is 12.3 Å². The Morgan fingerprint density at radius 3 is 0.964 bits per heavy atom. The average molecular weight is 409 g/mol. The van der Waals surface area contributed by atoms with Gasteiger partial charge < -0.3 is 0 Å². The van der Waals surface area contributed by atoms with E-state index in [1.54, 1.807) is 0 Å². The fourth-order valence-electron chi connectivity index (χ4n) is 4.36. The van der Waals surface area contributed by atoms with Gasteiger partial charge in [-0.25, -0.2) is 0 Å². The molecule has 1 heteroatoms. The predicted molar refractivity (Wildman–Crippen MR) is 135 cm³/mol. The molecular weight excluding hydrogens is 352 g/mol. The highest BCUT2D eigenvalue weighted by Gasteiger charge is 2.21. The molecule has 0 bridgehead atoms. The molecule has 0 fully saturated rings. The SMILES string of the molecule is C=C[Si](C)(CCCCCCCCCCCC)CCCCCCCCCCCC. The van der Waals surface area contributed by atoms with Crippen LogP contribution in [-0.2, 0) is 0 Å². The summed E-state index contributed by atoms with van der Waals surface area (Å²) in [5.74, 6) is 0. The van der Waals surface area contributed by atoms with Crippen molar-refractivity contribution in [1.82, 2.24) is 0 Å². The van der Waals surface area contributed by atoms with E-state index in [4.69, 9.17) is 0 Å². The first-order chi connectivity index (χ1) is 13.7. The summed E-state index contributed by atoms with van der Waals surface area (Å²) in [6, 6.07) is 2.98. The first-order valence-corrected chi connectivity index (χ1v) is 16.3. The minimum Gasteiger partial charge on any atom is -0.107 e. The Hall–Kier alpha value is -0.0431. The molecule has 0 N–H and O–H groups in total. The molecule has 0 aliphatic heterocycles. The Labute approximate surface area is 181 Å². The average Bonchev–Trinajstić information content (AvgIpc) is 2.71. The zero-order valence-corrected chi connectivity index (χ0v) is 21.3. The molecule has 0 unspecified atom stereocenters. The van der Waals surface area contributed by atoms with Crippen molar-refractivity contribution in [1.29, 1.82) is 0 Å². The first-order valence-electron chi connectivity index (χ1n) is 13.3. The van der Waals surface area contributed by atoms with Gasteiger partial charge in [-0.2, -0.15) is 0 Å². The van der Waals surface area contributed by atoms with E-state index in [9.17, 15) is 0 Å². The van der Waals surface area contributed by atoms with Crippen molar-refractivity contribution in [2.75, 3.05) is 0 Å². The molecule has 0 aliphatic rings. The van der Waals surface area contributed by atoms with E-state index in [1.807, 2.05) is 0 Å². The second-order valence-corrected chi connectivity index (χ2v) is 14.4. The third-order valence-electron chi connectivity index (χ3n) is 6.70. The van der Waals surface area contributed by atoms with Crippen molar-refractivity contribution < 1.29 is 0 Å². The van der Waals surface area contributed by atoms with Gasteiger partial charge in [0, 0.05) is 0 Å². The molecule has 168 valence electrons. The summed E-state index contributed by atoms with van der Waals surface area (Å²) in [6.07, 6.45) is 29.0. The van der Waals surface area contributed by atoms with Gasteiger partial charge in [-0.3, -0.25) is 0 Å². The Kier molecular flexibility index (Phi) is 21.6. The standard InChI is InChI=1S/C27H56Si/c1-5-8-10-12-14-16-18-20-22-24-26-28(4,7-3)27-25-23-21-19-17-15-13-11-9-6-2/h7H,3,5-6,8-27H2,1-2,4H3. The van der Waals surface area contributed by atoms with Crippen LogP contribution in [0.4, 0.5) is 0 Å². The molecule has 0 saturated carbocycles. The molecule has 0 aliphatic carbocycles. The summed E-state index contributed by atoms with van der Waals surface area (Å²) in [6.45, 7) is 11.4. The van der Waals surface area contributed by atoms with E-state index in [2.05, 4.69) is 32.7 Å². The molecule has 0 nitrogen and oxygen atoms in total. The first kappa shape index (κ1) is 28.0. The van der Waals surface area contributed by atoms with Gasteiger partial charge in [0.05, 0.1) is 8.07 Å². The van der Waals surface area contributed by atoms with Gasteiger partial charge in [0.2, 0.25) is 0 Å². The van der Waals surface area contributed by atoms with Crippen molar-refractivity contribution >= 4 is 8.07 Å². The minimum atomic E-state index is -1.14. The summed E-state index contributed by atoms with van der Waals surface area (Å²) in [4.78, 5) is 0. The normalized spacial score (nSPS) is 11.8. The van der Waals surface area contributed by atoms with Crippen LogP contribution in [0.5, 0.6) is 0 Å². The highest BCUT2D eigenvalue weighted by molar-refractivity contribution is 6.83. The fraction of sp³-hybridized carbons (Fsp3) is 0.926. The summed E-state index contributed by atoms with van der Waals surface area (Å²) in [5.41, 5.74) is 2.40. The minimum absolute atomic E-state index is 1.14. The maximum atomic E-state index is 4.22. The van der Waals surface area contributed by atoms with Crippen LogP contribution in [-0.4, -0.2) is 8.07 Å². The van der Waals surface area contributed by atoms with Gasteiger partial charge >= 0.3 is 0 Å². The van der Waals surface area contributed by atoms with Crippen molar-refractivity contribution in [3.8, 4) is 0 Å². The van der Waals surface area contributed by atoms with E-state index >= 15 is 0 Å². The van der Waals surface area contributed by atoms with Crippen molar-refractivity contribution in [2.45, 2.75) is 161 Å². The maximum absolute atomic E-state index is 4.22. The van der Waals surface area contributed by atoms with Crippen LogP contribution in [0.3, 0.4) is 0 Å². The smallest absolute Gasteiger partial charge is 0.0740 e. The topological polar surface area (TPSA) is 0 Å². The lowest BCUT2D eigenvalue weighted by Gasteiger charge is -2.23. The Morgan fingerprint density at radius 1 is 0.464 bits per heavy atom. The number of hydrogen-bond donors (Lipinski definition) is 0. The zero-order chi connectivity index (χ0) is 20.8. The molecule has 0 aromatic carbocycles. The van der Waals surface area contributed by atoms with Gasteiger partial charge in [-0.15, -0.1) is 12.3 Å². The molecule has 0 saturated heterocycles. The molecular formula is C27H56Si. The van der Waals surface area contributed by atoms with Gasteiger partial charge in [-0.05, 0) is 0 Å². The van der Waals surface area contributed by atoms with Crippen LogP contribution >= 0.6 is 0 Å². The summed E-state index contributed by atoms with van der Waals surface area (Å²) in [7, 11) is -1.14. The molecule has 0 aromatic heterocycles. The van der Waals surface area contributed by atoms with Gasteiger partial charge in [0.1, 0.15) is 0 Å². The highest BCUT2D eigenvalue weighted by Crippen LogP contribution is 2.24. The van der Waals surface area contributed by atoms with E-state index in [-0.39, 0.29) is 0 Å². The molecule has 0 heterocycles. The highest BCUT2D eigenvalue weighted by atomic mass is 28.3. The van der Waals surface area contributed by atoms with Crippen molar-refractivity contribution in [3.05, 3.63) is 12.3 Å². The zero-order valence-electron chi connectivity index (χ0n) is 20.3. The van der Waals surface area contributed by atoms with Crippen molar-refractivity contribution in [3.63, 3.8) is 0 Å². The van der Waals surface area contributed by atoms with Crippen LogP contribution in [0.25, 0.3) is 0 Å². The quantitative estimate of drug-likeness (QED) is 0.116. The van der Waals surface area contributed by atoms with Gasteiger partial charge in [-0.1, -0.05) is 161 Å². The van der Waals surface area contributed by atoms with Gasteiger partial charge in [0.15, 0.2) is 0 Å². The van der Waals surface area contributed by atoms with E-state index in [0.29, 0.717) is 0 Å². The van der Waals surface area contributed by atoms with Crippen LogP contribution in [0.1, 0.15) is 142 Å². The van der Waals surface area contributed by atoms with E-state index in [0.717, 1.165) is 0 Å². The Bertz CT molecular complexity index is 285. The van der Waals surface area contributed by atoms with Gasteiger partial charge in [0.25, 0.3) is 0 Å². The lowest BCUT2D eigenvalue weighted by molar-refractivity contribution is 0.559. The molecule has 0 rings (SSSR count). The molecule has 28 heavy (non-hydrogen) atoms. The molecule has 0 spiro atoms. The molecule has 0 aromatic rings. The van der Waals surface area contributed by atoms with Crippen LogP contribution in [0, 0.1) is 0 Å².